The molecule has 5 rings (SSSR count). The first-order chi connectivity index (χ1) is 12.6. The predicted octanol–water partition coefficient (Wildman–Crippen LogP) is 4.29. The van der Waals surface area contributed by atoms with Crippen LogP contribution in [-0.4, -0.2) is 14.6 Å². The summed E-state index contributed by atoms with van der Waals surface area (Å²) >= 11 is 5.86. The van der Waals surface area contributed by atoms with Crippen molar-refractivity contribution in [1.29, 1.82) is 0 Å². The maximum atomic E-state index is 14.1. The van der Waals surface area contributed by atoms with Crippen LogP contribution in [0.1, 0.15) is 17.2 Å². The highest BCUT2D eigenvalue weighted by Crippen LogP contribution is 2.41. The summed E-state index contributed by atoms with van der Waals surface area (Å²) in [5.74, 6) is -0.256. The second-order valence-corrected chi connectivity index (χ2v) is 6.59. The molecule has 0 fully saturated rings. The highest BCUT2D eigenvalue weighted by Gasteiger charge is 2.27. The lowest BCUT2D eigenvalue weighted by atomic mass is 9.99. The van der Waals surface area contributed by atoms with Gasteiger partial charge in [0, 0.05) is 23.0 Å². The van der Waals surface area contributed by atoms with Crippen LogP contribution in [0.15, 0.2) is 54.7 Å². The number of nitrogens with zero attached hydrogens (tertiary/aromatic N) is 3. The molecule has 0 radical (unpaired) electrons. The molecular formula is C19H13ClFN5. The van der Waals surface area contributed by atoms with Gasteiger partial charge in [0.25, 0.3) is 0 Å². The van der Waals surface area contributed by atoms with Crippen molar-refractivity contribution in [2.75, 3.05) is 11.1 Å². The molecule has 3 N–H and O–H groups in total. The third kappa shape index (κ3) is 2.16. The van der Waals surface area contributed by atoms with Crippen LogP contribution in [0.3, 0.4) is 0 Å². The molecule has 7 heteroatoms. The Hall–Kier alpha value is -3.12. The molecule has 0 bridgehead atoms. The van der Waals surface area contributed by atoms with E-state index in [9.17, 15) is 4.39 Å². The fraction of sp³-hybridized carbons (Fsp3) is 0.0526. The normalized spacial score (nSPS) is 15.4. The van der Waals surface area contributed by atoms with Gasteiger partial charge in [-0.25, -0.2) is 13.9 Å². The largest absolute Gasteiger partial charge is 0.374 e. The molecule has 5 nitrogen and oxygen atoms in total. The average molecular weight is 366 g/mol. The Morgan fingerprint density at radius 3 is 2.85 bits per heavy atom. The number of para-hydroxylation sites is 1. The molecule has 1 aliphatic rings. The Balaban J connectivity index is 1.84. The van der Waals surface area contributed by atoms with Crippen LogP contribution < -0.4 is 11.1 Å². The summed E-state index contributed by atoms with van der Waals surface area (Å²) in [7, 11) is 0. The molecule has 3 heterocycles. The predicted molar refractivity (Wildman–Crippen MR) is 99.7 cm³/mol. The minimum atomic E-state index is -0.451. The molecule has 0 amide bonds. The van der Waals surface area contributed by atoms with Crippen LogP contribution >= 0.6 is 11.6 Å². The van der Waals surface area contributed by atoms with Crippen LogP contribution in [-0.2, 0) is 0 Å². The fourth-order valence-corrected chi connectivity index (χ4v) is 3.61. The first kappa shape index (κ1) is 15.2. The molecule has 0 spiro atoms. The number of halogens is 2. The van der Waals surface area contributed by atoms with Crippen molar-refractivity contribution >= 4 is 28.8 Å². The Kier molecular flexibility index (Phi) is 3.17. The lowest BCUT2D eigenvalue weighted by molar-refractivity contribution is 0.625. The second kappa shape index (κ2) is 5.44. The van der Waals surface area contributed by atoms with E-state index in [-0.39, 0.29) is 17.0 Å². The van der Waals surface area contributed by atoms with E-state index < -0.39 is 5.82 Å². The lowest BCUT2D eigenvalue weighted by Crippen LogP contribution is -2.11. The van der Waals surface area contributed by atoms with Gasteiger partial charge in [0.05, 0.1) is 16.6 Å². The van der Waals surface area contributed by atoms with E-state index >= 15 is 0 Å². The molecule has 1 atom stereocenters. The summed E-state index contributed by atoms with van der Waals surface area (Å²) < 4.78 is 15.8. The minimum Gasteiger partial charge on any atom is -0.374 e. The molecule has 2 aromatic heterocycles. The number of benzene rings is 2. The number of nitrogens with one attached hydrogen (secondary N) is 1. The Morgan fingerprint density at radius 2 is 2.00 bits per heavy atom. The van der Waals surface area contributed by atoms with E-state index in [1.165, 1.54) is 6.07 Å². The van der Waals surface area contributed by atoms with Crippen LogP contribution in [0.5, 0.6) is 0 Å². The third-order valence-corrected chi connectivity index (χ3v) is 4.94. The van der Waals surface area contributed by atoms with Gasteiger partial charge >= 0.3 is 0 Å². The molecule has 0 aliphatic carbocycles. The maximum Gasteiger partial charge on any atom is 0.238 e. The Bertz CT molecular complexity index is 1170. The zero-order valence-electron chi connectivity index (χ0n) is 13.4. The zero-order valence-corrected chi connectivity index (χ0v) is 14.2. The molecule has 1 aliphatic heterocycles. The van der Waals surface area contributed by atoms with Crippen LogP contribution in [0.25, 0.3) is 16.8 Å². The van der Waals surface area contributed by atoms with Crippen molar-refractivity contribution in [3.05, 3.63) is 76.7 Å². The first-order valence-corrected chi connectivity index (χ1v) is 8.45. The zero-order chi connectivity index (χ0) is 17.8. The van der Waals surface area contributed by atoms with Gasteiger partial charge in [-0.15, -0.1) is 5.10 Å². The number of nitrogens with two attached hydrogens (primary N) is 1. The number of hydrogen-bond donors (Lipinski definition) is 2. The van der Waals surface area contributed by atoms with Crippen molar-refractivity contribution < 1.29 is 4.39 Å². The standard InChI is InChI=1S/C19H13ClFN5/c20-13-6-5-10(9-14(13)21)16-12-7-8-26-18(12)17(24-19(22)25-26)11-3-1-2-4-15(11)23-16/h1-9,16,23H,(H2,22,25). The molecule has 1 unspecified atom stereocenters. The van der Waals surface area contributed by atoms with Crippen molar-refractivity contribution in [3.8, 4) is 11.3 Å². The summed E-state index contributed by atoms with van der Waals surface area (Å²) in [6, 6.07) is 14.3. The highest BCUT2D eigenvalue weighted by molar-refractivity contribution is 6.30. The van der Waals surface area contributed by atoms with Gasteiger partial charge < -0.3 is 11.1 Å². The van der Waals surface area contributed by atoms with E-state index in [0.717, 1.165) is 33.6 Å². The van der Waals surface area contributed by atoms with Gasteiger partial charge in [0.2, 0.25) is 5.95 Å². The lowest BCUT2D eigenvalue weighted by Gasteiger charge is -2.19. The van der Waals surface area contributed by atoms with E-state index in [1.54, 1.807) is 10.6 Å². The van der Waals surface area contributed by atoms with Gasteiger partial charge in [0.15, 0.2) is 0 Å². The Labute approximate surface area is 153 Å². The average Bonchev–Trinajstić information content (AvgIpc) is 2.99. The van der Waals surface area contributed by atoms with Crippen LogP contribution in [0.2, 0.25) is 5.02 Å². The van der Waals surface area contributed by atoms with Gasteiger partial charge in [-0.2, -0.15) is 0 Å². The molecule has 26 heavy (non-hydrogen) atoms. The molecular weight excluding hydrogens is 353 g/mol. The van der Waals surface area contributed by atoms with Crippen LogP contribution in [0, 0.1) is 5.82 Å². The second-order valence-electron chi connectivity index (χ2n) is 6.18. The SMILES string of the molecule is Nc1nc2c3c(ccn3n1)C(c1ccc(Cl)c(F)c1)Nc1ccccc1-2. The summed E-state index contributed by atoms with van der Waals surface area (Å²) in [5, 5.41) is 7.88. The summed E-state index contributed by atoms with van der Waals surface area (Å²) in [6.45, 7) is 0. The number of anilines is 2. The van der Waals surface area contributed by atoms with E-state index in [4.69, 9.17) is 17.3 Å². The van der Waals surface area contributed by atoms with Crippen molar-refractivity contribution in [3.63, 3.8) is 0 Å². The molecule has 2 aromatic carbocycles. The summed E-state index contributed by atoms with van der Waals surface area (Å²) in [4.78, 5) is 4.48. The number of aromatic nitrogens is 3. The number of fused-ring (bicyclic) bond motifs is 2. The monoisotopic (exact) mass is 365 g/mol. The number of nitrogen functional groups attached to an aromatic ring is 1. The number of hydrogen-bond acceptors (Lipinski definition) is 4. The quantitative estimate of drug-likeness (QED) is 0.528. The van der Waals surface area contributed by atoms with Gasteiger partial charge in [0.1, 0.15) is 11.5 Å². The fourth-order valence-electron chi connectivity index (χ4n) is 3.49. The van der Waals surface area contributed by atoms with E-state index in [0.29, 0.717) is 0 Å². The molecule has 128 valence electrons. The van der Waals surface area contributed by atoms with E-state index in [2.05, 4.69) is 15.4 Å². The maximum absolute atomic E-state index is 14.1. The topological polar surface area (TPSA) is 68.2 Å². The number of rotatable bonds is 1. The minimum absolute atomic E-state index is 0.0984. The smallest absolute Gasteiger partial charge is 0.238 e. The van der Waals surface area contributed by atoms with Crippen molar-refractivity contribution in [2.24, 2.45) is 0 Å². The highest BCUT2D eigenvalue weighted by atomic mass is 35.5. The third-order valence-electron chi connectivity index (χ3n) is 4.63. The van der Waals surface area contributed by atoms with E-state index in [1.807, 2.05) is 42.6 Å². The van der Waals surface area contributed by atoms with Crippen molar-refractivity contribution in [1.82, 2.24) is 14.6 Å². The first-order valence-electron chi connectivity index (χ1n) is 8.07. The molecule has 4 aromatic rings. The molecule has 0 saturated heterocycles. The molecule has 0 saturated carbocycles. The summed E-state index contributed by atoms with van der Waals surface area (Å²) in [6.07, 6.45) is 1.83. The Morgan fingerprint density at radius 1 is 1.15 bits per heavy atom. The van der Waals surface area contributed by atoms with Crippen molar-refractivity contribution in [2.45, 2.75) is 6.04 Å². The van der Waals surface area contributed by atoms with Gasteiger partial charge in [-0.05, 0) is 29.8 Å². The van der Waals surface area contributed by atoms with Crippen LogP contribution in [0.4, 0.5) is 16.0 Å². The summed E-state index contributed by atoms with van der Waals surface area (Å²) in [5.41, 5.74) is 11.0. The van der Waals surface area contributed by atoms with Gasteiger partial charge in [-0.3, -0.25) is 0 Å². The van der Waals surface area contributed by atoms with Gasteiger partial charge in [-0.1, -0.05) is 35.9 Å².